The number of nitrogens with zero attached hydrogens (tertiary/aromatic N) is 6. The van der Waals surface area contributed by atoms with Gasteiger partial charge >= 0.3 is 0 Å². The van der Waals surface area contributed by atoms with Crippen molar-refractivity contribution in [3.63, 3.8) is 0 Å². The van der Waals surface area contributed by atoms with E-state index in [0.29, 0.717) is 17.5 Å². The second-order valence-electron chi connectivity index (χ2n) is 17.6. The van der Waals surface area contributed by atoms with Gasteiger partial charge in [0.25, 0.3) is 0 Å². The molecule has 0 radical (unpaired) electrons. The van der Waals surface area contributed by atoms with Crippen LogP contribution in [0.5, 0.6) is 0 Å². The van der Waals surface area contributed by atoms with Gasteiger partial charge in [0.05, 0.1) is 28.2 Å². The van der Waals surface area contributed by atoms with Crippen LogP contribution in [-0.4, -0.2) is 24.9 Å². The second-order valence-corrected chi connectivity index (χ2v) is 18.6. The lowest BCUT2D eigenvalue weighted by molar-refractivity contribution is 0.788. The zero-order valence-corrected chi connectivity index (χ0v) is 37.8. The molecule has 322 valence electrons. The molecule has 69 heavy (non-hydrogen) atoms. The molecular weight excluding hydrogens is 861 g/mol. The summed E-state index contributed by atoms with van der Waals surface area (Å²) in [7, 11) is 0. The van der Waals surface area contributed by atoms with Gasteiger partial charge in [0.1, 0.15) is 0 Å². The van der Waals surface area contributed by atoms with E-state index in [2.05, 4.69) is 163 Å². The lowest BCUT2D eigenvalue weighted by Gasteiger charge is -2.35. The standard InChI is InChI=1S/C62H38N6S/c1-4-17-39(18-5-1)43-24-15-26-46(36-43)68-52-30-12-13-31-54(52)69-58-53(68)33-32-49-55(58)47-27-10-11-28-48(47)62(49)50-29-16-34-63-56(50)57-51(62)37-45(38-64-57)42-23-14-25-44(35-42)61-66-59(40-19-6-2-7-20-40)65-60(67-61)41-21-8-3-9-22-41/h1-38H. The summed E-state index contributed by atoms with van der Waals surface area (Å²) in [5.41, 5.74) is 19.0. The highest BCUT2D eigenvalue weighted by molar-refractivity contribution is 8.00. The normalized spacial score (nSPS) is 14.6. The van der Waals surface area contributed by atoms with Crippen molar-refractivity contribution >= 4 is 28.8 Å². The van der Waals surface area contributed by atoms with Crippen molar-refractivity contribution in [3.05, 3.63) is 253 Å². The van der Waals surface area contributed by atoms with Gasteiger partial charge in [-0.05, 0) is 87.5 Å². The first-order chi connectivity index (χ1) is 34.2. The van der Waals surface area contributed by atoms with E-state index >= 15 is 0 Å². The van der Waals surface area contributed by atoms with Gasteiger partial charge in [-0.1, -0.05) is 182 Å². The number of para-hydroxylation sites is 1. The van der Waals surface area contributed by atoms with E-state index in [-0.39, 0.29) is 0 Å². The molecule has 1 unspecified atom stereocenters. The Balaban J connectivity index is 0.945. The summed E-state index contributed by atoms with van der Waals surface area (Å²) in [6.45, 7) is 0. The minimum Gasteiger partial charge on any atom is -0.308 e. The first kappa shape index (κ1) is 39.4. The van der Waals surface area contributed by atoms with Gasteiger partial charge in [-0.25, -0.2) is 15.0 Å². The van der Waals surface area contributed by atoms with E-state index in [1.165, 1.54) is 48.9 Å². The molecule has 3 aliphatic rings. The molecule has 4 heterocycles. The summed E-state index contributed by atoms with van der Waals surface area (Å²) in [6.07, 6.45) is 3.89. The van der Waals surface area contributed by atoms with Crippen molar-refractivity contribution in [2.24, 2.45) is 0 Å². The molecule has 0 amide bonds. The van der Waals surface area contributed by atoms with Gasteiger partial charge in [0, 0.05) is 61.3 Å². The van der Waals surface area contributed by atoms with Crippen molar-refractivity contribution in [3.8, 4) is 78.9 Å². The number of rotatable bonds is 6. The molecule has 0 N–H and O–H groups in total. The number of anilines is 3. The zero-order chi connectivity index (χ0) is 45.5. The molecule has 0 fully saturated rings. The fraction of sp³-hybridized carbons (Fsp3) is 0.0161. The van der Waals surface area contributed by atoms with Crippen LogP contribution in [0.2, 0.25) is 0 Å². The van der Waals surface area contributed by atoms with Crippen LogP contribution in [0, 0.1) is 0 Å². The number of hydrogen-bond acceptors (Lipinski definition) is 7. The van der Waals surface area contributed by atoms with Crippen LogP contribution >= 0.6 is 11.8 Å². The molecule has 1 atom stereocenters. The Morgan fingerprint density at radius 3 is 1.74 bits per heavy atom. The molecule has 1 spiro atoms. The van der Waals surface area contributed by atoms with E-state index in [0.717, 1.165) is 61.7 Å². The molecule has 0 bridgehead atoms. The van der Waals surface area contributed by atoms with Crippen LogP contribution < -0.4 is 4.90 Å². The van der Waals surface area contributed by atoms with Crippen molar-refractivity contribution < 1.29 is 0 Å². The topological polar surface area (TPSA) is 67.7 Å². The maximum absolute atomic E-state index is 5.34. The Morgan fingerprint density at radius 2 is 0.971 bits per heavy atom. The smallest absolute Gasteiger partial charge is 0.164 e. The lowest BCUT2D eigenvalue weighted by Crippen LogP contribution is -2.26. The highest BCUT2D eigenvalue weighted by Crippen LogP contribution is 2.66. The zero-order valence-electron chi connectivity index (χ0n) is 37.0. The van der Waals surface area contributed by atoms with E-state index in [1.807, 2.05) is 84.8 Å². The largest absolute Gasteiger partial charge is 0.308 e. The van der Waals surface area contributed by atoms with Gasteiger partial charge in [0.2, 0.25) is 0 Å². The number of hydrogen-bond donors (Lipinski definition) is 0. The molecule has 7 heteroatoms. The average Bonchev–Trinajstić information content (AvgIpc) is 3.90. The number of fused-ring (bicyclic) bond motifs is 13. The Hall–Kier alpha value is -8.78. The highest BCUT2D eigenvalue weighted by Gasteiger charge is 2.54. The monoisotopic (exact) mass is 898 g/mol. The van der Waals surface area contributed by atoms with E-state index in [9.17, 15) is 0 Å². The van der Waals surface area contributed by atoms with Crippen molar-refractivity contribution in [1.29, 1.82) is 0 Å². The molecule has 6 nitrogen and oxygen atoms in total. The quantitative estimate of drug-likeness (QED) is 0.165. The Bertz CT molecular complexity index is 3780. The fourth-order valence-electron chi connectivity index (χ4n) is 10.8. The van der Waals surface area contributed by atoms with Crippen LogP contribution in [0.15, 0.2) is 241 Å². The van der Waals surface area contributed by atoms with E-state index in [1.54, 1.807) is 0 Å². The Morgan fingerprint density at radius 1 is 0.377 bits per heavy atom. The average molecular weight is 899 g/mol. The molecule has 8 aromatic carbocycles. The summed E-state index contributed by atoms with van der Waals surface area (Å²) in [4.78, 5) is 30.4. The van der Waals surface area contributed by atoms with Gasteiger partial charge in [-0.2, -0.15) is 0 Å². The SMILES string of the molecule is c1ccc(-c2cccc(N3c4ccccc4Sc4c3ccc3c4-c4ccccc4C34c3cccnc3-c3ncc(-c5cccc(-c6nc(-c7ccccc7)nc(-c7ccccc7)n6)c5)cc34)c2)cc1. The lowest BCUT2D eigenvalue weighted by atomic mass is 9.70. The van der Waals surface area contributed by atoms with Gasteiger partial charge in [-0.15, -0.1) is 0 Å². The molecule has 3 aromatic heterocycles. The first-order valence-corrected chi connectivity index (χ1v) is 24.0. The number of pyridine rings is 2. The molecule has 14 rings (SSSR count). The molecular formula is C62H38N6S. The minimum atomic E-state index is -0.667. The second kappa shape index (κ2) is 15.7. The third-order valence-corrected chi connectivity index (χ3v) is 15.0. The maximum Gasteiger partial charge on any atom is 0.164 e. The van der Waals surface area contributed by atoms with Crippen molar-refractivity contribution in [2.45, 2.75) is 15.2 Å². The number of benzene rings is 8. The van der Waals surface area contributed by atoms with Crippen LogP contribution in [0.25, 0.3) is 78.9 Å². The molecule has 2 aliphatic carbocycles. The molecule has 11 aromatic rings. The van der Waals surface area contributed by atoms with Gasteiger partial charge in [0.15, 0.2) is 17.5 Å². The molecule has 0 saturated carbocycles. The summed E-state index contributed by atoms with van der Waals surface area (Å²) < 4.78 is 0. The number of aromatic nitrogens is 5. The maximum atomic E-state index is 5.34. The third kappa shape index (κ3) is 6.10. The highest BCUT2D eigenvalue weighted by atomic mass is 32.2. The third-order valence-electron chi connectivity index (χ3n) is 13.8. The van der Waals surface area contributed by atoms with Crippen molar-refractivity contribution in [1.82, 2.24) is 24.9 Å². The van der Waals surface area contributed by atoms with Crippen LogP contribution in [0.3, 0.4) is 0 Å². The first-order valence-electron chi connectivity index (χ1n) is 23.1. The van der Waals surface area contributed by atoms with Crippen molar-refractivity contribution in [2.75, 3.05) is 4.90 Å². The summed E-state index contributed by atoms with van der Waals surface area (Å²) in [5, 5.41) is 0. The fourth-order valence-corrected chi connectivity index (χ4v) is 12.0. The summed E-state index contributed by atoms with van der Waals surface area (Å²) in [5.74, 6) is 1.86. The molecule has 1 aliphatic heterocycles. The molecule has 0 saturated heterocycles. The summed E-state index contributed by atoms with van der Waals surface area (Å²) in [6, 6.07) is 77.4. The Labute approximate surface area is 403 Å². The van der Waals surface area contributed by atoms with Gasteiger partial charge in [-0.3, -0.25) is 9.97 Å². The summed E-state index contributed by atoms with van der Waals surface area (Å²) >= 11 is 1.86. The predicted molar refractivity (Wildman–Crippen MR) is 278 cm³/mol. The minimum absolute atomic E-state index is 0.607. The van der Waals surface area contributed by atoms with Crippen LogP contribution in [0.1, 0.15) is 22.3 Å². The van der Waals surface area contributed by atoms with E-state index < -0.39 is 5.41 Å². The van der Waals surface area contributed by atoms with Crippen LogP contribution in [-0.2, 0) is 5.41 Å². The predicted octanol–water partition coefficient (Wildman–Crippen LogP) is 15.3. The van der Waals surface area contributed by atoms with E-state index in [4.69, 9.17) is 24.9 Å². The van der Waals surface area contributed by atoms with Gasteiger partial charge < -0.3 is 4.90 Å². The van der Waals surface area contributed by atoms with Crippen LogP contribution in [0.4, 0.5) is 17.1 Å². The Kier molecular flexibility index (Phi) is 8.94.